The van der Waals surface area contributed by atoms with Gasteiger partial charge in [0.2, 0.25) is 0 Å². The smallest absolute Gasteiger partial charge is 0.159 e. The van der Waals surface area contributed by atoms with Crippen LogP contribution in [0.3, 0.4) is 0 Å². The summed E-state index contributed by atoms with van der Waals surface area (Å²) in [5.74, 6) is 0.0573. The maximum atomic E-state index is 15.7. The SMILES string of the molecule is Cc1ccc(-c2nccc3[nH]c(-c4n[nH]c5ccc(-c6cncc(N)c6)c(F)c45)nc23)s1. The van der Waals surface area contributed by atoms with Crippen LogP contribution in [0.25, 0.3) is 55.2 Å². The first-order valence-electron chi connectivity index (χ1n) is 9.88. The van der Waals surface area contributed by atoms with Crippen LogP contribution in [-0.4, -0.2) is 30.1 Å². The second-order valence-corrected chi connectivity index (χ2v) is 8.77. The molecule has 0 fully saturated rings. The Labute approximate surface area is 185 Å². The van der Waals surface area contributed by atoms with E-state index < -0.39 is 5.82 Å². The molecule has 0 amide bonds. The summed E-state index contributed by atoms with van der Waals surface area (Å²) < 4.78 is 15.7. The van der Waals surface area contributed by atoms with Crippen molar-refractivity contribution >= 4 is 39.0 Å². The van der Waals surface area contributed by atoms with Crippen LogP contribution in [0.1, 0.15) is 4.88 Å². The van der Waals surface area contributed by atoms with Crippen molar-refractivity contribution in [1.82, 2.24) is 30.1 Å². The van der Waals surface area contributed by atoms with E-state index in [-0.39, 0.29) is 0 Å². The zero-order valence-electron chi connectivity index (χ0n) is 16.8. The number of aromatic amines is 2. The van der Waals surface area contributed by atoms with Crippen LogP contribution in [0.2, 0.25) is 0 Å². The molecule has 0 aliphatic rings. The highest BCUT2D eigenvalue weighted by Crippen LogP contribution is 2.36. The van der Waals surface area contributed by atoms with Gasteiger partial charge in [0, 0.05) is 34.6 Å². The first kappa shape index (κ1) is 18.6. The van der Waals surface area contributed by atoms with Gasteiger partial charge in [0.15, 0.2) is 5.82 Å². The van der Waals surface area contributed by atoms with E-state index in [4.69, 9.17) is 10.7 Å². The van der Waals surface area contributed by atoms with Gasteiger partial charge in [-0.05, 0) is 43.3 Å². The average molecular weight is 441 g/mol. The quantitative estimate of drug-likeness (QED) is 0.344. The average Bonchev–Trinajstić information content (AvgIpc) is 3.51. The molecule has 6 aromatic rings. The lowest BCUT2D eigenvalue weighted by Crippen LogP contribution is -1.91. The van der Waals surface area contributed by atoms with Crippen LogP contribution in [0, 0.1) is 12.7 Å². The normalized spacial score (nSPS) is 11.6. The molecule has 5 heterocycles. The summed E-state index contributed by atoms with van der Waals surface area (Å²) >= 11 is 1.65. The molecular weight excluding hydrogens is 425 g/mol. The van der Waals surface area contributed by atoms with Gasteiger partial charge in [0.05, 0.1) is 27.0 Å². The molecule has 9 heteroatoms. The first-order valence-corrected chi connectivity index (χ1v) is 10.7. The number of H-pyrrole nitrogens is 2. The zero-order chi connectivity index (χ0) is 21.8. The van der Waals surface area contributed by atoms with E-state index in [1.807, 2.05) is 12.1 Å². The Hall–Kier alpha value is -4.11. The Morgan fingerprint density at radius 1 is 1.03 bits per heavy atom. The fourth-order valence-corrected chi connectivity index (χ4v) is 4.73. The molecule has 0 saturated heterocycles. The summed E-state index contributed by atoms with van der Waals surface area (Å²) in [5, 5.41) is 7.62. The van der Waals surface area contributed by atoms with E-state index in [9.17, 15) is 0 Å². The van der Waals surface area contributed by atoms with E-state index in [2.05, 4.69) is 38.1 Å². The molecule has 4 N–H and O–H groups in total. The molecule has 0 unspecified atom stereocenters. The Balaban J connectivity index is 1.55. The number of halogens is 1. The van der Waals surface area contributed by atoms with Crippen LogP contribution in [0.5, 0.6) is 0 Å². The molecule has 0 atom stereocenters. The number of thiophene rings is 1. The van der Waals surface area contributed by atoms with E-state index in [1.165, 1.54) is 11.1 Å². The maximum absolute atomic E-state index is 15.7. The second-order valence-electron chi connectivity index (χ2n) is 7.48. The number of imidazole rings is 1. The number of benzene rings is 1. The van der Waals surface area contributed by atoms with E-state index >= 15 is 4.39 Å². The number of anilines is 1. The lowest BCUT2D eigenvalue weighted by atomic mass is 10.0. The maximum Gasteiger partial charge on any atom is 0.159 e. The molecule has 0 aliphatic carbocycles. The summed E-state index contributed by atoms with van der Waals surface area (Å²) in [6.07, 6.45) is 4.85. The van der Waals surface area contributed by atoms with Crippen molar-refractivity contribution in [3.63, 3.8) is 0 Å². The Morgan fingerprint density at radius 2 is 1.94 bits per heavy atom. The van der Waals surface area contributed by atoms with Crippen molar-refractivity contribution in [2.24, 2.45) is 0 Å². The molecule has 0 aliphatic heterocycles. The summed E-state index contributed by atoms with van der Waals surface area (Å²) in [6.45, 7) is 2.05. The number of hydrogen-bond donors (Lipinski definition) is 3. The predicted molar refractivity (Wildman–Crippen MR) is 125 cm³/mol. The van der Waals surface area contributed by atoms with Gasteiger partial charge in [-0.15, -0.1) is 11.3 Å². The van der Waals surface area contributed by atoms with Crippen molar-refractivity contribution in [3.05, 3.63) is 65.7 Å². The third-order valence-electron chi connectivity index (χ3n) is 5.34. The van der Waals surface area contributed by atoms with Crippen LogP contribution in [0.4, 0.5) is 10.1 Å². The van der Waals surface area contributed by atoms with Crippen LogP contribution >= 0.6 is 11.3 Å². The van der Waals surface area contributed by atoms with E-state index in [1.54, 1.807) is 41.9 Å². The molecule has 156 valence electrons. The fourth-order valence-electron chi connectivity index (χ4n) is 3.86. The summed E-state index contributed by atoms with van der Waals surface area (Å²) in [5.41, 5.74) is 10.6. The number of pyridine rings is 2. The molecule has 32 heavy (non-hydrogen) atoms. The highest BCUT2D eigenvalue weighted by Gasteiger charge is 2.20. The number of nitrogens with zero attached hydrogens (tertiary/aromatic N) is 4. The van der Waals surface area contributed by atoms with Crippen LogP contribution in [0.15, 0.2) is 55.0 Å². The number of aryl methyl sites for hydroxylation is 1. The largest absolute Gasteiger partial charge is 0.397 e. The number of fused-ring (bicyclic) bond motifs is 2. The third-order valence-corrected chi connectivity index (χ3v) is 6.34. The molecule has 1 aromatic carbocycles. The third kappa shape index (κ3) is 2.86. The molecule has 0 bridgehead atoms. The minimum atomic E-state index is -0.411. The molecule has 6 rings (SSSR count). The van der Waals surface area contributed by atoms with Gasteiger partial charge < -0.3 is 10.7 Å². The fraction of sp³-hybridized carbons (Fsp3) is 0.0435. The lowest BCUT2D eigenvalue weighted by Gasteiger charge is -2.05. The van der Waals surface area contributed by atoms with Gasteiger partial charge in [0.25, 0.3) is 0 Å². The lowest BCUT2D eigenvalue weighted by molar-refractivity contribution is 0.643. The predicted octanol–water partition coefficient (Wildman–Crippen LogP) is 5.32. The molecule has 0 spiro atoms. The molecular formula is C23H16FN7S. The molecule has 0 saturated carbocycles. The summed E-state index contributed by atoms with van der Waals surface area (Å²) in [7, 11) is 0. The number of nitrogen functional groups attached to an aromatic ring is 1. The van der Waals surface area contributed by atoms with Crippen LogP contribution in [-0.2, 0) is 0 Å². The second kappa shape index (κ2) is 6.96. The van der Waals surface area contributed by atoms with Gasteiger partial charge in [0.1, 0.15) is 22.7 Å². The van der Waals surface area contributed by atoms with Crippen molar-refractivity contribution < 1.29 is 4.39 Å². The van der Waals surface area contributed by atoms with E-state index in [0.717, 1.165) is 21.6 Å². The Morgan fingerprint density at radius 3 is 2.75 bits per heavy atom. The monoisotopic (exact) mass is 441 g/mol. The van der Waals surface area contributed by atoms with Gasteiger partial charge >= 0.3 is 0 Å². The zero-order valence-corrected chi connectivity index (χ0v) is 17.7. The number of rotatable bonds is 3. The van der Waals surface area contributed by atoms with Crippen LogP contribution < -0.4 is 5.73 Å². The molecule has 5 aromatic heterocycles. The first-order chi connectivity index (χ1) is 15.6. The van der Waals surface area contributed by atoms with Gasteiger partial charge in [-0.1, -0.05) is 0 Å². The highest BCUT2D eigenvalue weighted by atomic mass is 32.1. The standard InChI is InChI=1S/C23H16FN7S/c1-11-2-5-17(32-11)21-20-16(6-7-27-21)28-23(29-20)22-18-15(30-31-22)4-3-14(19(18)24)12-8-13(25)10-26-9-12/h2-10H,25H2,1H3,(H,28,29)(H,30,31). The van der Waals surface area contributed by atoms with Gasteiger partial charge in [-0.2, -0.15) is 5.10 Å². The molecule has 7 nitrogen and oxygen atoms in total. The van der Waals surface area contributed by atoms with E-state index in [0.29, 0.717) is 39.2 Å². The highest BCUT2D eigenvalue weighted by molar-refractivity contribution is 7.15. The topological polar surface area (TPSA) is 109 Å². The van der Waals surface area contributed by atoms with Gasteiger partial charge in [-0.25, -0.2) is 9.37 Å². The minimum Gasteiger partial charge on any atom is -0.397 e. The number of nitrogens with one attached hydrogen (secondary N) is 2. The number of hydrogen-bond acceptors (Lipinski definition) is 6. The van der Waals surface area contributed by atoms with Gasteiger partial charge in [-0.3, -0.25) is 15.1 Å². The Kier molecular flexibility index (Phi) is 4.05. The summed E-state index contributed by atoms with van der Waals surface area (Å²) in [6, 6.07) is 11.1. The Bertz CT molecular complexity index is 1630. The van der Waals surface area contributed by atoms with Crippen molar-refractivity contribution in [2.45, 2.75) is 6.92 Å². The number of nitrogens with two attached hydrogens (primary N) is 1. The van der Waals surface area contributed by atoms with Crippen molar-refractivity contribution in [2.75, 3.05) is 5.73 Å². The molecule has 0 radical (unpaired) electrons. The van der Waals surface area contributed by atoms with Crippen molar-refractivity contribution in [3.8, 4) is 33.2 Å². The minimum absolute atomic E-state index is 0.352. The number of aromatic nitrogens is 6. The van der Waals surface area contributed by atoms with Crippen molar-refractivity contribution in [1.29, 1.82) is 0 Å². The summed E-state index contributed by atoms with van der Waals surface area (Å²) in [4.78, 5) is 18.9.